The molecular formula is C14H15N3O4. The minimum absolute atomic E-state index is 0.141. The number of hydrogen-bond acceptors (Lipinski definition) is 5. The van der Waals surface area contributed by atoms with Crippen LogP contribution in [0.5, 0.6) is 11.5 Å². The number of carbonyl (C=O) groups is 2. The van der Waals surface area contributed by atoms with Crippen LogP contribution in [0.1, 0.15) is 25.3 Å². The summed E-state index contributed by atoms with van der Waals surface area (Å²) in [5.74, 6) is -0.0963. The third kappa shape index (κ3) is 3.13. The minimum atomic E-state index is -0.762. The van der Waals surface area contributed by atoms with Crippen molar-refractivity contribution in [1.29, 1.82) is 0 Å². The fraction of sp³-hybridized carbons (Fsp3) is 0.357. The Bertz CT molecular complexity index is 623. The Morgan fingerprint density at radius 1 is 1.19 bits per heavy atom. The number of fused-ring (bicyclic) bond motifs is 1. The maximum atomic E-state index is 11.6. The van der Waals surface area contributed by atoms with Crippen molar-refractivity contribution in [3.05, 3.63) is 23.8 Å². The van der Waals surface area contributed by atoms with Crippen molar-refractivity contribution in [2.24, 2.45) is 5.10 Å². The first-order valence-electron chi connectivity index (χ1n) is 6.68. The second-order valence-corrected chi connectivity index (χ2v) is 4.95. The lowest BCUT2D eigenvalue weighted by atomic mass is 10.1. The molecule has 0 spiro atoms. The fourth-order valence-electron chi connectivity index (χ4n) is 1.85. The standard InChI is InChI=1S/C14H15N3O4/c1-8(9-2-5-11-12(6-9)21-7-20-11)16-17-14(19)13(18)15-10-3-4-10/h2,5-6,10H,3-4,7H2,1H3,(H,15,18)(H,17,19)/b16-8-. The molecule has 0 aromatic heterocycles. The highest BCUT2D eigenvalue weighted by atomic mass is 16.7. The normalized spacial score (nSPS) is 16.5. The second kappa shape index (κ2) is 5.43. The number of rotatable bonds is 3. The van der Waals surface area contributed by atoms with Gasteiger partial charge in [-0.2, -0.15) is 5.10 Å². The predicted molar refractivity (Wildman–Crippen MR) is 74.1 cm³/mol. The van der Waals surface area contributed by atoms with Crippen molar-refractivity contribution in [3.8, 4) is 11.5 Å². The molecule has 2 aliphatic rings. The van der Waals surface area contributed by atoms with Gasteiger partial charge in [0.15, 0.2) is 11.5 Å². The maximum Gasteiger partial charge on any atom is 0.329 e. The number of ether oxygens (including phenoxy) is 2. The van der Waals surface area contributed by atoms with Gasteiger partial charge in [0, 0.05) is 11.6 Å². The lowest BCUT2D eigenvalue weighted by molar-refractivity contribution is -0.139. The van der Waals surface area contributed by atoms with Crippen LogP contribution in [0.3, 0.4) is 0 Å². The molecule has 2 N–H and O–H groups in total. The molecule has 2 amide bonds. The summed E-state index contributed by atoms with van der Waals surface area (Å²) in [7, 11) is 0. The molecule has 0 atom stereocenters. The van der Waals surface area contributed by atoms with Crippen molar-refractivity contribution >= 4 is 17.5 Å². The van der Waals surface area contributed by atoms with E-state index in [4.69, 9.17) is 9.47 Å². The van der Waals surface area contributed by atoms with Crippen molar-refractivity contribution in [2.75, 3.05) is 6.79 Å². The van der Waals surface area contributed by atoms with E-state index in [2.05, 4.69) is 15.8 Å². The number of carbonyl (C=O) groups excluding carboxylic acids is 2. The summed E-state index contributed by atoms with van der Waals surface area (Å²) < 4.78 is 10.5. The number of benzene rings is 1. The lowest BCUT2D eigenvalue weighted by Gasteiger charge is -2.04. The van der Waals surface area contributed by atoms with Gasteiger partial charge in [-0.3, -0.25) is 9.59 Å². The minimum Gasteiger partial charge on any atom is -0.454 e. The van der Waals surface area contributed by atoms with Crippen LogP contribution in [-0.2, 0) is 9.59 Å². The molecule has 0 radical (unpaired) electrons. The molecule has 110 valence electrons. The van der Waals surface area contributed by atoms with E-state index in [1.807, 2.05) is 6.07 Å². The molecule has 1 aromatic rings. The average molecular weight is 289 g/mol. The van der Waals surface area contributed by atoms with Gasteiger partial charge < -0.3 is 14.8 Å². The number of hydrogen-bond donors (Lipinski definition) is 2. The van der Waals surface area contributed by atoms with Crippen LogP contribution in [0.2, 0.25) is 0 Å². The van der Waals surface area contributed by atoms with Gasteiger partial charge in [0.2, 0.25) is 6.79 Å². The number of amides is 2. The molecule has 7 nitrogen and oxygen atoms in total. The van der Waals surface area contributed by atoms with E-state index in [-0.39, 0.29) is 12.8 Å². The largest absolute Gasteiger partial charge is 0.454 e. The van der Waals surface area contributed by atoms with Crippen LogP contribution < -0.4 is 20.2 Å². The van der Waals surface area contributed by atoms with Gasteiger partial charge in [-0.05, 0) is 38.0 Å². The van der Waals surface area contributed by atoms with Crippen LogP contribution in [0.4, 0.5) is 0 Å². The quantitative estimate of drug-likeness (QED) is 0.483. The first kappa shape index (κ1) is 13.4. The van der Waals surface area contributed by atoms with Gasteiger partial charge >= 0.3 is 11.8 Å². The first-order valence-corrected chi connectivity index (χ1v) is 6.68. The Kier molecular flexibility index (Phi) is 3.47. The van der Waals surface area contributed by atoms with Gasteiger partial charge in [-0.25, -0.2) is 5.43 Å². The predicted octanol–water partition coefficient (Wildman–Crippen LogP) is 0.534. The van der Waals surface area contributed by atoms with Crippen LogP contribution in [-0.4, -0.2) is 30.4 Å². The lowest BCUT2D eigenvalue weighted by Crippen LogP contribution is -2.39. The third-order valence-electron chi connectivity index (χ3n) is 3.23. The molecule has 1 aliphatic carbocycles. The molecule has 3 rings (SSSR count). The van der Waals surface area contributed by atoms with E-state index in [1.54, 1.807) is 19.1 Å². The molecule has 0 unspecified atom stereocenters. The summed E-state index contributed by atoms with van der Waals surface area (Å²) in [6, 6.07) is 5.50. The molecule has 1 aromatic carbocycles. The maximum absolute atomic E-state index is 11.6. The Morgan fingerprint density at radius 2 is 1.95 bits per heavy atom. The van der Waals surface area contributed by atoms with E-state index in [9.17, 15) is 9.59 Å². The number of nitrogens with zero attached hydrogens (tertiary/aromatic N) is 1. The highest BCUT2D eigenvalue weighted by Gasteiger charge is 2.26. The second-order valence-electron chi connectivity index (χ2n) is 4.95. The first-order chi connectivity index (χ1) is 10.1. The molecule has 1 heterocycles. The Morgan fingerprint density at radius 3 is 2.71 bits per heavy atom. The molecule has 1 saturated carbocycles. The molecule has 1 fully saturated rings. The Balaban J connectivity index is 1.62. The molecular weight excluding hydrogens is 274 g/mol. The summed E-state index contributed by atoms with van der Waals surface area (Å²) in [6.07, 6.45) is 1.86. The van der Waals surface area contributed by atoms with E-state index in [0.717, 1.165) is 18.4 Å². The van der Waals surface area contributed by atoms with Crippen LogP contribution in [0.15, 0.2) is 23.3 Å². The van der Waals surface area contributed by atoms with Crippen molar-refractivity contribution in [2.45, 2.75) is 25.8 Å². The van der Waals surface area contributed by atoms with Crippen molar-refractivity contribution in [3.63, 3.8) is 0 Å². The van der Waals surface area contributed by atoms with E-state index in [0.29, 0.717) is 17.2 Å². The van der Waals surface area contributed by atoms with E-state index >= 15 is 0 Å². The summed E-state index contributed by atoms with van der Waals surface area (Å²) in [5, 5.41) is 6.52. The zero-order chi connectivity index (χ0) is 14.8. The van der Waals surface area contributed by atoms with Crippen molar-refractivity contribution in [1.82, 2.24) is 10.7 Å². The zero-order valence-corrected chi connectivity index (χ0v) is 11.5. The van der Waals surface area contributed by atoms with E-state index in [1.165, 1.54) is 0 Å². The Hall–Kier alpha value is -2.57. The summed E-state index contributed by atoms with van der Waals surface area (Å²) in [6.45, 7) is 1.93. The molecule has 0 bridgehead atoms. The van der Waals surface area contributed by atoms with Gasteiger partial charge in [0.25, 0.3) is 0 Å². The monoisotopic (exact) mass is 289 g/mol. The highest BCUT2D eigenvalue weighted by molar-refractivity contribution is 6.35. The third-order valence-corrected chi connectivity index (χ3v) is 3.23. The SMILES string of the molecule is C/C(=N/NC(=O)C(=O)NC1CC1)c1ccc2c(c1)OCO2. The van der Waals surface area contributed by atoms with Gasteiger partial charge in [-0.1, -0.05) is 0 Å². The molecule has 21 heavy (non-hydrogen) atoms. The van der Waals surface area contributed by atoms with Gasteiger partial charge in [0.05, 0.1) is 5.71 Å². The summed E-state index contributed by atoms with van der Waals surface area (Å²) in [5.41, 5.74) is 3.60. The summed E-state index contributed by atoms with van der Waals surface area (Å²) >= 11 is 0. The highest BCUT2D eigenvalue weighted by Crippen LogP contribution is 2.32. The van der Waals surface area contributed by atoms with Crippen LogP contribution in [0.25, 0.3) is 0 Å². The van der Waals surface area contributed by atoms with E-state index < -0.39 is 11.8 Å². The molecule has 0 saturated heterocycles. The Labute approximate surface area is 121 Å². The smallest absolute Gasteiger partial charge is 0.329 e. The van der Waals surface area contributed by atoms with Gasteiger partial charge in [-0.15, -0.1) is 0 Å². The molecule has 1 aliphatic heterocycles. The average Bonchev–Trinajstić information content (AvgIpc) is 3.17. The molecule has 7 heteroatoms. The zero-order valence-electron chi connectivity index (χ0n) is 11.5. The van der Waals surface area contributed by atoms with Crippen molar-refractivity contribution < 1.29 is 19.1 Å². The van der Waals surface area contributed by atoms with Crippen LogP contribution in [0, 0.1) is 0 Å². The number of hydrazone groups is 1. The topological polar surface area (TPSA) is 89.0 Å². The fourth-order valence-corrected chi connectivity index (χ4v) is 1.85. The summed E-state index contributed by atoms with van der Waals surface area (Å²) in [4.78, 5) is 23.0. The van der Waals surface area contributed by atoms with Gasteiger partial charge in [0.1, 0.15) is 0 Å². The van der Waals surface area contributed by atoms with Crippen LogP contribution >= 0.6 is 0 Å². The number of nitrogens with one attached hydrogen (secondary N) is 2.